The Balaban J connectivity index is 4.14. The summed E-state index contributed by atoms with van der Waals surface area (Å²) in [5.74, 6) is 0. The average Bonchev–Trinajstić information content (AvgIpc) is 1.64. The van der Waals surface area contributed by atoms with Gasteiger partial charge in [-0.2, -0.15) is 8.78 Å². The SMILES string of the molecule is FOC(F)(F)C(Cl)(Cl)Cl. The van der Waals surface area contributed by atoms with Crippen LogP contribution >= 0.6 is 34.8 Å². The first-order valence-electron chi connectivity index (χ1n) is 1.55. The molecule has 0 fully saturated rings. The van der Waals surface area contributed by atoms with Crippen molar-refractivity contribution in [3.63, 3.8) is 0 Å². The van der Waals surface area contributed by atoms with Crippen LogP contribution in [-0.4, -0.2) is 9.90 Å². The fourth-order valence-corrected chi connectivity index (χ4v) is 0.131. The van der Waals surface area contributed by atoms with Crippen LogP contribution in [0, 0.1) is 0 Å². The third-order valence-corrected chi connectivity index (χ3v) is 1.09. The minimum atomic E-state index is -4.39. The van der Waals surface area contributed by atoms with E-state index in [1.165, 1.54) is 0 Å². The third kappa shape index (κ3) is 2.37. The van der Waals surface area contributed by atoms with Crippen LogP contribution in [0.3, 0.4) is 0 Å². The highest BCUT2D eigenvalue weighted by Crippen LogP contribution is 2.42. The lowest BCUT2D eigenvalue weighted by Gasteiger charge is -2.17. The van der Waals surface area contributed by atoms with E-state index in [0.717, 1.165) is 0 Å². The average molecular weight is 203 g/mol. The lowest BCUT2D eigenvalue weighted by atomic mass is 10.7. The molecule has 0 aliphatic carbocycles. The summed E-state index contributed by atoms with van der Waals surface area (Å²) in [6.45, 7) is 0. The van der Waals surface area contributed by atoms with E-state index in [4.69, 9.17) is 0 Å². The molecule has 0 heterocycles. The van der Waals surface area contributed by atoms with Gasteiger partial charge in [0.15, 0.2) is 0 Å². The van der Waals surface area contributed by atoms with Crippen molar-refractivity contribution >= 4 is 34.8 Å². The van der Waals surface area contributed by atoms with Gasteiger partial charge in [-0.15, -0.1) is 4.94 Å². The van der Waals surface area contributed by atoms with Gasteiger partial charge in [-0.3, -0.25) is 0 Å². The van der Waals surface area contributed by atoms with Crippen LogP contribution in [0.4, 0.5) is 13.3 Å². The number of hydrogen-bond donors (Lipinski definition) is 0. The normalized spacial score (nSPS) is 14.0. The van der Waals surface area contributed by atoms with E-state index >= 15 is 0 Å². The molecule has 0 atom stereocenters. The van der Waals surface area contributed by atoms with Crippen molar-refractivity contribution < 1.29 is 18.2 Å². The quantitative estimate of drug-likeness (QED) is 0.595. The van der Waals surface area contributed by atoms with E-state index in [2.05, 4.69) is 39.7 Å². The highest BCUT2D eigenvalue weighted by Gasteiger charge is 2.53. The van der Waals surface area contributed by atoms with Crippen molar-refractivity contribution in [3.8, 4) is 0 Å². The van der Waals surface area contributed by atoms with E-state index in [-0.39, 0.29) is 0 Å². The van der Waals surface area contributed by atoms with E-state index < -0.39 is 9.90 Å². The van der Waals surface area contributed by atoms with Crippen LogP contribution in [0.25, 0.3) is 0 Å². The van der Waals surface area contributed by atoms with Gasteiger partial charge < -0.3 is 0 Å². The number of alkyl halides is 5. The molecular weight excluding hydrogens is 203 g/mol. The Labute approximate surface area is 63.5 Å². The minimum absolute atomic E-state index is 2.07. The van der Waals surface area contributed by atoms with Gasteiger partial charge in [-0.1, -0.05) is 34.8 Å². The van der Waals surface area contributed by atoms with Crippen LogP contribution in [0.2, 0.25) is 0 Å². The van der Waals surface area contributed by atoms with Gasteiger partial charge in [0.25, 0.3) is 3.79 Å². The number of hydrogen-bond acceptors (Lipinski definition) is 1. The second kappa shape index (κ2) is 2.70. The highest BCUT2D eigenvalue weighted by molar-refractivity contribution is 6.68. The summed E-state index contributed by atoms with van der Waals surface area (Å²) in [5, 5.41) is 0. The molecule has 0 unspecified atom stereocenters. The van der Waals surface area contributed by atoms with Gasteiger partial charge in [-0.05, 0) is 4.53 Å². The van der Waals surface area contributed by atoms with Gasteiger partial charge >= 0.3 is 6.11 Å². The molecule has 0 saturated heterocycles. The van der Waals surface area contributed by atoms with Crippen LogP contribution in [0.5, 0.6) is 0 Å². The Kier molecular flexibility index (Phi) is 2.88. The minimum Gasteiger partial charge on any atom is -0.168 e. The summed E-state index contributed by atoms with van der Waals surface area (Å²) in [4.78, 5) is 2.07. The second-order valence-corrected chi connectivity index (χ2v) is 3.37. The first-order valence-corrected chi connectivity index (χ1v) is 2.69. The Morgan fingerprint density at radius 2 is 1.44 bits per heavy atom. The molecule has 0 aromatic heterocycles. The molecule has 0 radical (unpaired) electrons. The first kappa shape index (κ1) is 9.62. The molecule has 0 aromatic rings. The predicted octanol–water partition coefficient (Wildman–Crippen LogP) is 2.85. The van der Waals surface area contributed by atoms with Crippen molar-refractivity contribution in [2.45, 2.75) is 9.90 Å². The molecule has 0 aliphatic rings. The smallest absolute Gasteiger partial charge is 0.168 e. The Bertz CT molecular complexity index is 99.7. The molecule has 0 aliphatic heterocycles. The van der Waals surface area contributed by atoms with Crippen molar-refractivity contribution in [1.29, 1.82) is 0 Å². The zero-order chi connectivity index (χ0) is 7.71. The third-order valence-electron chi connectivity index (χ3n) is 0.427. The van der Waals surface area contributed by atoms with E-state index in [1.54, 1.807) is 0 Å². The molecule has 0 bridgehead atoms. The first-order chi connectivity index (χ1) is 3.81. The molecule has 9 heavy (non-hydrogen) atoms. The van der Waals surface area contributed by atoms with Crippen molar-refractivity contribution in [1.82, 2.24) is 0 Å². The molecule has 0 aromatic carbocycles. The van der Waals surface area contributed by atoms with Gasteiger partial charge in [0, 0.05) is 0 Å². The summed E-state index contributed by atoms with van der Waals surface area (Å²) in [7, 11) is 0. The summed E-state index contributed by atoms with van der Waals surface area (Å²) in [6, 6.07) is 0. The molecule has 0 N–H and O–H groups in total. The molecule has 7 heteroatoms. The lowest BCUT2D eigenvalue weighted by molar-refractivity contribution is -0.351. The topological polar surface area (TPSA) is 9.23 Å². The van der Waals surface area contributed by atoms with Crippen LogP contribution in [-0.2, 0) is 4.94 Å². The van der Waals surface area contributed by atoms with Crippen molar-refractivity contribution in [3.05, 3.63) is 0 Å². The molecule has 0 rings (SSSR count). The molecule has 0 amide bonds. The maximum atomic E-state index is 11.7. The number of rotatable bonds is 1. The van der Waals surface area contributed by atoms with Gasteiger partial charge in [0.2, 0.25) is 0 Å². The number of halogens is 6. The standard InChI is InChI=1S/C2Cl3F3O/c3-1(4,5)2(6,7)9-8. The highest BCUT2D eigenvalue weighted by atomic mass is 35.6. The van der Waals surface area contributed by atoms with E-state index in [1.807, 2.05) is 0 Å². The maximum absolute atomic E-state index is 11.7. The Morgan fingerprint density at radius 3 is 1.44 bits per heavy atom. The molecular formula is C2Cl3F3O. The molecule has 56 valence electrons. The van der Waals surface area contributed by atoms with Crippen molar-refractivity contribution in [2.75, 3.05) is 0 Å². The van der Waals surface area contributed by atoms with Gasteiger partial charge in [0.1, 0.15) is 0 Å². The van der Waals surface area contributed by atoms with Crippen LogP contribution in [0.15, 0.2) is 0 Å². The predicted molar refractivity (Wildman–Crippen MR) is 27.4 cm³/mol. The Morgan fingerprint density at radius 1 is 1.11 bits per heavy atom. The second-order valence-electron chi connectivity index (χ2n) is 1.09. The fraction of sp³-hybridized carbons (Fsp3) is 1.00. The molecule has 1 nitrogen and oxygen atoms in total. The monoisotopic (exact) mass is 202 g/mol. The van der Waals surface area contributed by atoms with Gasteiger partial charge in [0.05, 0.1) is 0 Å². The molecule has 0 spiro atoms. The summed E-state index contributed by atoms with van der Waals surface area (Å²) < 4.78 is 31.0. The summed E-state index contributed by atoms with van der Waals surface area (Å²) in [6.07, 6.45) is -4.39. The van der Waals surface area contributed by atoms with Crippen LogP contribution < -0.4 is 0 Å². The molecule has 0 saturated carbocycles. The van der Waals surface area contributed by atoms with Gasteiger partial charge in [-0.25, -0.2) is 0 Å². The van der Waals surface area contributed by atoms with Crippen molar-refractivity contribution in [2.24, 2.45) is 0 Å². The zero-order valence-corrected chi connectivity index (χ0v) is 5.94. The zero-order valence-electron chi connectivity index (χ0n) is 3.68. The van der Waals surface area contributed by atoms with E-state index in [0.29, 0.717) is 0 Å². The summed E-state index contributed by atoms with van der Waals surface area (Å²) >= 11 is 13.6. The maximum Gasteiger partial charge on any atom is 0.432 e. The fourth-order valence-electron chi connectivity index (χ4n) is 0.0437. The Hall–Kier alpha value is 0.620. The largest absolute Gasteiger partial charge is 0.432 e. The van der Waals surface area contributed by atoms with Crippen LogP contribution in [0.1, 0.15) is 0 Å². The summed E-state index contributed by atoms with van der Waals surface area (Å²) in [5.41, 5.74) is 0. The lowest BCUT2D eigenvalue weighted by Crippen LogP contribution is -2.33. The van der Waals surface area contributed by atoms with E-state index in [9.17, 15) is 13.3 Å².